The maximum atomic E-state index is 6.07. The van der Waals surface area contributed by atoms with Gasteiger partial charge in [-0.15, -0.1) is 0 Å². The van der Waals surface area contributed by atoms with Crippen LogP contribution >= 0.6 is 0 Å². The molecule has 3 nitrogen and oxygen atoms in total. The molecule has 21 heavy (non-hydrogen) atoms. The van der Waals surface area contributed by atoms with Crippen LogP contribution in [0.4, 0.5) is 0 Å². The van der Waals surface area contributed by atoms with Gasteiger partial charge in [0.25, 0.3) is 0 Å². The van der Waals surface area contributed by atoms with Crippen molar-refractivity contribution in [1.29, 1.82) is 0 Å². The van der Waals surface area contributed by atoms with Crippen molar-refractivity contribution in [2.45, 2.75) is 45.8 Å². The van der Waals surface area contributed by atoms with Crippen molar-refractivity contribution in [1.82, 2.24) is 10.2 Å². The van der Waals surface area contributed by atoms with Gasteiger partial charge in [0.05, 0.1) is 6.54 Å². The Morgan fingerprint density at radius 2 is 2.10 bits per heavy atom. The smallest absolute Gasteiger partial charge is 0.134 e. The van der Waals surface area contributed by atoms with E-state index in [4.69, 9.17) is 4.42 Å². The number of benzene rings is 1. The Labute approximate surface area is 127 Å². The van der Waals surface area contributed by atoms with E-state index in [0.29, 0.717) is 6.04 Å². The van der Waals surface area contributed by atoms with Crippen molar-refractivity contribution in [3.05, 3.63) is 35.6 Å². The van der Waals surface area contributed by atoms with Gasteiger partial charge in [-0.05, 0) is 45.3 Å². The van der Waals surface area contributed by atoms with Crippen molar-refractivity contribution in [2.24, 2.45) is 5.92 Å². The van der Waals surface area contributed by atoms with E-state index in [1.807, 2.05) is 6.07 Å². The van der Waals surface area contributed by atoms with E-state index in [-0.39, 0.29) is 0 Å². The molecule has 0 amide bonds. The summed E-state index contributed by atoms with van der Waals surface area (Å²) in [5.74, 6) is 1.98. The Hall–Kier alpha value is -1.32. The minimum atomic E-state index is 0.658. The highest BCUT2D eigenvalue weighted by molar-refractivity contribution is 5.82. The summed E-state index contributed by atoms with van der Waals surface area (Å²) in [6.45, 7) is 7.22. The molecule has 1 N–H and O–H groups in total. The van der Waals surface area contributed by atoms with E-state index >= 15 is 0 Å². The maximum absolute atomic E-state index is 6.07. The van der Waals surface area contributed by atoms with Gasteiger partial charge in [-0.2, -0.15) is 0 Å². The minimum Gasteiger partial charge on any atom is -0.459 e. The van der Waals surface area contributed by atoms with E-state index < -0.39 is 0 Å². The summed E-state index contributed by atoms with van der Waals surface area (Å²) >= 11 is 0. The molecule has 1 aromatic carbocycles. The molecule has 1 aromatic heterocycles. The van der Waals surface area contributed by atoms with Gasteiger partial charge >= 0.3 is 0 Å². The highest BCUT2D eigenvalue weighted by atomic mass is 16.3. The first-order valence-electron chi connectivity index (χ1n) is 8.11. The standard InChI is InChI=1S/C18H26N2O/c1-4-19-11-18-16(12-20(3)13(2)14-9-10-14)15-7-5-6-8-17(15)21-18/h5-8,13-14,19H,4,9-12H2,1-3H3. The molecule has 114 valence electrons. The molecule has 1 saturated carbocycles. The molecule has 1 aliphatic rings. The largest absolute Gasteiger partial charge is 0.459 e. The summed E-state index contributed by atoms with van der Waals surface area (Å²) < 4.78 is 6.07. The number of furan rings is 1. The van der Waals surface area contributed by atoms with Crippen molar-refractivity contribution in [3.8, 4) is 0 Å². The number of hydrogen-bond donors (Lipinski definition) is 1. The predicted molar refractivity (Wildman–Crippen MR) is 87.2 cm³/mol. The summed E-state index contributed by atoms with van der Waals surface area (Å²) in [6.07, 6.45) is 2.78. The summed E-state index contributed by atoms with van der Waals surface area (Å²) in [5.41, 5.74) is 2.36. The van der Waals surface area contributed by atoms with Gasteiger partial charge in [-0.25, -0.2) is 0 Å². The highest BCUT2D eigenvalue weighted by Gasteiger charge is 2.31. The molecule has 0 saturated heterocycles. The SMILES string of the molecule is CCNCc1oc2ccccc2c1CN(C)C(C)C1CC1. The zero-order valence-corrected chi connectivity index (χ0v) is 13.4. The molecule has 0 aliphatic heterocycles. The van der Waals surface area contributed by atoms with Gasteiger partial charge in [0.2, 0.25) is 0 Å². The molecule has 1 unspecified atom stereocenters. The van der Waals surface area contributed by atoms with E-state index in [1.54, 1.807) is 0 Å². The Balaban J connectivity index is 1.86. The van der Waals surface area contributed by atoms with Gasteiger partial charge < -0.3 is 9.73 Å². The third-order valence-electron chi connectivity index (χ3n) is 4.72. The van der Waals surface area contributed by atoms with Crippen LogP contribution in [-0.2, 0) is 13.1 Å². The van der Waals surface area contributed by atoms with Crippen molar-refractivity contribution in [2.75, 3.05) is 13.6 Å². The van der Waals surface area contributed by atoms with E-state index in [1.165, 1.54) is 23.8 Å². The van der Waals surface area contributed by atoms with Crippen molar-refractivity contribution in [3.63, 3.8) is 0 Å². The number of rotatable bonds is 7. The lowest BCUT2D eigenvalue weighted by atomic mass is 10.1. The Bertz CT molecular complexity index is 600. The Morgan fingerprint density at radius 3 is 2.81 bits per heavy atom. The quantitative estimate of drug-likeness (QED) is 0.840. The average Bonchev–Trinajstić information content (AvgIpc) is 3.29. The van der Waals surface area contributed by atoms with Crippen LogP contribution in [0, 0.1) is 5.92 Å². The van der Waals surface area contributed by atoms with Gasteiger partial charge in [-0.1, -0.05) is 25.1 Å². The molecule has 2 aromatic rings. The zero-order chi connectivity index (χ0) is 14.8. The average molecular weight is 286 g/mol. The molecule has 0 radical (unpaired) electrons. The number of fused-ring (bicyclic) bond motifs is 1. The molecule has 3 rings (SSSR count). The first-order valence-corrected chi connectivity index (χ1v) is 8.11. The lowest BCUT2D eigenvalue weighted by molar-refractivity contribution is 0.225. The summed E-state index contributed by atoms with van der Waals surface area (Å²) in [4.78, 5) is 2.48. The van der Waals surface area contributed by atoms with Crippen molar-refractivity contribution < 1.29 is 4.42 Å². The molecule has 3 heteroatoms. The van der Waals surface area contributed by atoms with E-state index in [0.717, 1.165) is 36.9 Å². The van der Waals surface area contributed by atoms with Gasteiger partial charge in [0.1, 0.15) is 11.3 Å². The van der Waals surface area contributed by atoms with Gasteiger partial charge in [0, 0.05) is 23.5 Å². The number of hydrogen-bond acceptors (Lipinski definition) is 3. The molecule has 1 aliphatic carbocycles. The topological polar surface area (TPSA) is 28.4 Å². The second-order valence-corrected chi connectivity index (χ2v) is 6.27. The van der Waals surface area contributed by atoms with Crippen LogP contribution in [0.25, 0.3) is 11.0 Å². The Kier molecular flexibility index (Phi) is 4.32. The predicted octanol–water partition coefficient (Wildman–Crippen LogP) is 3.77. The monoisotopic (exact) mass is 286 g/mol. The summed E-state index contributed by atoms with van der Waals surface area (Å²) in [5, 5.41) is 4.66. The van der Waals surface area contributed by atoms with Gasteiger partial charge in [0.15, 0.2) is 0 Å². The molecule has 1 heterocycles. The van der Waals surface area contributed by atoms with Crippen LogP contribution in [0.2, 0.25) is 0 Å². The number of para-hydroxylation sites is 1. The molecule has 1 fully saturated rings. The first kappa shape index (κ1) is 14.6. The molecular formula is C18H26N2O. The lowest BCUT2D eigenvalue weighted by Crippen LogP contribution is -2.30. The minimum absolute atomic E-state index is 0.658. The molecule has 0 spiro atoms. The Morgan fingerprint density at radius 1 is 1.33 bits per heavy atom. The number of nitrogens with zero attached hydrogens (tertiary/aromatic N) is 1. The fourth-order valence-electron chi connectivity index (χ4n) is 3.04. The lowest BCUT2D eigenvalue weighted by Gasteiger charge is -2.24. The number of nitrogens with one attached hydrogen (secondary N) is 1. The van der Waals surface area contributed by atoms with Gasteiger partial charge in [-0.3, -0.25) is 4.90 Å². The van der Waals surface area contributed by atoms with Crippen molar-refractivity contribution >= 4 is 11.0 Å². The highest BCUT2D eigenvalue weighted by Crippen LogP contribution is 2.36. The van der Waals surface area contributed by atoms with E-state index in [9.17, 15) is 0 Å². The fourth-order valence-corrected chi connectivity index (χ4v) is 3.04. The molecule has 1 atom stereocenters. The third-order valence-corrected chi connectivity index (χ3v) is 4.72. The van der Waals surface area contributed by atoms with Crippen LogP contribution in [0.15, 0.2) is 28.7 Å². The molecular weight excluding hydrogens is 260 g/mol. The van der Waals surface area contributed by atoms with Crippen LogP contribution < -0.4 is 5.32 Å². The normalized spacial score (nSPS) is 16.8. The van der Waals surface area contributed by atoms with Crippen LogP contribution in [0.3, 0.4) is 0 Å². The first-order chi connectivity index (χ1) is 10.2. The zero-order valence-electron chi connectivity index (χ0n) is 13.4. The second-order valence-electron chi connectivity index (χ2n) is 6.27. The fraction of sp³-hybridized carbons (Fsp3) is 0.556. The van der Waals surface area contributed by atoms with Crippen LogP contribution in [0.5, 0.6) is 0 Å². The van der Waals surface area contributed by atoms with E-state index in [2.05, 4.69) is 49.3 Å². The van der Waals surface area contributed by atoms with Crippen LogP contribution in [-0.4, -0.2) is 24.5 Å². The third kappa shape index (κ3) is 3.14. The molecule has 0 bridgehead atoms. The summed E-state index contributed by atoms with van der Waals surface area (Å²) in [6, 6.07) is 9.05. The second kappa shape index (κ2) is 6.20. The summed E-state index contributed by atoms with van der Waals surface area (Å²) in [7, 11) is 2.24. The van der Waals surface area contributed by atoms with Crippen LogP contribution in [0.1, 0.15) is 38.0 Å². The maximum Gasteiger partial charge on any atom is 0.134 e.